The van der Waals surface area contributed by atoms with Crippen LogP contribution < -0.4 is 5.32 Å². The molecular formula is C15H15ClN2O2. The molecule has 1 aromatic rings. The number of nitrogens with one attached hydrogen (secondary N) is 1. The highest BCUT2D eigenvalue weighted by atomic mass is 35.5. The Labute approximate surface area is 122 Å². The van der Waals surface area contributed by atoms with Gasteiger partial charge in [-0.25, -0.2) is 0 Å². The van der Waals surface area contributed by atoms with E-state index in [0.29, 0.717) is 17.9 Å². The molecule has 1 heterocycles. The molecule has 1 saturated heterocycles. The number of halogens is 1. The first kappa shape index (κ1) is 13.2. The number of carbonyl (C=O) groups is 2. The summed E-state index contributed by atoms with van der Waals surface area (Å²) in [5.74, 6) is -0.486. The molecule has 0 saturated carbocycles. The molecule has 1 N–H and O–H groups in total. The van der Waals surface area contributed by atoms with Gasteiger partial charge in [-0.15, -0.1) is 0 Å². The molecule has 0 spiro atoms. The number of anilines is 1. The van der Waals surface area contributed by atoms with Crippen LogP contribution in [0.4, 0.5) is 5.69 Å². The molecule has 4 nitrogen and oxygen atoms in total. The van der Waals surface area contributed by atoms with Crippen molar-refractivity contribution in [2.75, 3.05) is 12.0 Å². The van der Waals surface area contributed by atoms with Gasteiger partial charge >= 0.3 is 0 Å². The Hall–Kier alpha value is -1.81. The van der Waals surface area contributed by atoms with E-state index in [2.05, 4.69) is 5.32 Å². The second kappa shape index (κ2) is 5.29. The lowest BCUT2D eigenvalue weighted by Gasteiger charge is -2.16. The molecule has 1 aromatic carbocycles. The third-order valence-corrected chi connectivity index (χ3v) is 4.10. The first-order valence-corrected chi connectivity index (χ1v) is 7.04. The number of imide groups is 1. The number of rotatable bonds is 3. The van der Waals surface area contributed by atoms with Crippen LogP contribution in [0.2, 0.25) is 5.02 Å². The fourth-order valence-corrected chi connectivity index (χ4v) is 2.98. The Kier molecular flexibility index (Phi) is 3.49. The molecule has 0 unspecified atom stereocenters. The second-order valence-electron chi connectivity index (χ2n) is 5.11. The lowest BCUT2D eigenvalue weighted by atomic mass is 9.85. The number of amides is 2. The van der Waals surface area contributed by atoms with Crippen molar-refractivity contribution < 1.29 is 9.59 Å². The molecule has 2 atom stereocenters. The molecule has 2 aliphatic rings. The summed E-state index contributed by atoms with van der Waals surface area (Å²) in [6, 6.07) is 7.22. The van der Waals surface area contributed by atoms with Gasteiger partial charge in [0.15, 0.2) is 0 Å². The Morgan fingerprint density at radius 1 is 1.15 bits per heavy atom. The van der Waals surface area contributed by atoms with Gasteiger partial charge in [0.05, 0.1) is 18.5 Å². The average Bonchev–Trinajstić information content (AvgIpc) is 2.70. The van der Waals surface area contributed by atoms with E-state index in [-0.39, 0.29) is 30.3 Å². The summed E-state index contributed by atoms with van der Waals surface area (Å²) in [7, 11) is 0. The molecule has 20 heavy (non-hydrogen) atoms. The summed E-state index contributed by atoms with van der Waals surface area (Å²) in [5, 5.41) is 3.69. The minimum atomic E-state index is -0.173. The number of hydrogen-bond acceptors (Lipinski definition) is 3. The van der Waals surface area contributed by atoms with Crippen LogP contribution >= 0.6 is 11.6 Å². The van der Waals surface area contributed by atoms with E-state index in [1.165, 1.54) is 4.90 Å². The van der Waals surface area contributed by atoms with E-state index < -0.39 is 0 Å². The SMILES string of the molecule is O=C1[C@@H]2CC=CC[C@H]2C(=O)N1CNc1cccc(Cl)c1. The number of nitrogens with zero attached hydrogens (tertiary/aromatic N) is 1. The van der Waals surface area contributed by atoms with E-state index in [1.807, 2.05) is 24.3 Å². The smallest absolute Gasteiger partial charge is 0.234 e. The first-order valence-electron chi connectivity index (χ1n) is 6.66. The van der Waals surface area contributed by atoms with Gasteiger partial charge < -0.3 is 5.32 Å². The minimum Gasteiger partial charge on any atom is -0.367 e. The predicted molar refractivity (Wildman–Crippen MR) is 77.1 cm³/mol. The topological polar surface area (TPSA) is 49.4 Å². The predicted octanol–water partition coefficient (Wildman–Crippen LogP) is 2.66. The van der Waals surface area contributed by atoms with Crippen molar-refractivity contribution in [3.63, 3.8) is 0 Å². The highest BCUT2D eigenvalue weighted by molar-refractivity contribution is 6.30. The summed E-state index contributed by atoms with van der Waals surface area (Å²) < 4.78 is 0. The Morgan fingerprint density at radius 2 is 1.80 bits per heavy atom. The van der Waals surface area contributed by atoms with Crippen LogP contribution in [0.3, 0.4) is 0 Å². The number of carbonyl (C=O) groups excluding carboxylic acids is 2. The molecule has 0 radical (unpaired) electrons. The lowest BCUT2D eigenvalue weighted by molar-refractivity contribution is -0.139. The fourth-order valence-electron chi connectivity index (χ4n) is 2.79. The van der Waals surface area contributed by atoms with Crippen molar-refractivity contribution in [2.45, 2.75) is 12.8 Å². The minimum absolute atomic E-state index is 0.0705. The maximum atomic E-state index is 12.2. The zero-order chi connectivity index (χ0) is 14.1. The lowest BCUT2D eigenvalue weighted by Crippen LogP contribution is -2.35. The molecule has 2 amide bonds. The van der Waals surface area contributed by atoms with Crippen molar-refractivity contribution in [2.24, 2.45) is 11.8 Å². The van der Waals surface area contributed by atoms with E-state index in [4.69, 9.17) is 11.6 Å². The van der Waals surface area contributed by atoms with E-state index in [9.17, 15) is 9.59 Å². The number of likely N-dealkylation sites (tertiary alicyclic amines) is 1. The van der Waals surface area contributed by atoms with E-state index in [0.717, 1.165) is 5.69 Å². The summed E-state index contributed by atoms with van der Waals surface area (Å²) in [6.45, 7) is 0.199. The van der Waals surface area contributed by atoms with Gasteiger partial charge in [0.1, 0.15) is 0 Å². The van der Waals surface area contributed by atoms with Gasteiger partial charge in [0, 0.05) is 10.7 Å². The highest BCUT2D eigenvalue weighted by Crippen LogP contribution is 2.34. The third-order valence-electron chi connectivity index (χ3n) is 3.86. The highest BCUT2D eigenvalue weighted by Gasteiger charge is 2.46. The third kappa shape index (κ3) is 2.31. The molecule has 104 valence electrons. The van der Waals surface area contributed by atoms with Crippen LogP contribution in [0.25, 0.3) is 0 Å². The fraction of sp³-hybridized carbons (Fsp3) is 0.333. The number of hydrogen-bond donors (Lipinski definition) is 1. The maximum Gasteiger partial charge on any atom is 0.234 e. The molecular weight excluding hydrogens is 276 g/mol. The summed E-state index contributed by atoms with van der Waals surface area (Å²) in [4.78, 5) is 25.8. The molecule has 1 aliphatic heterocycles. The van der Waals surface area contributed by atoms with Crippen molar-refractivity contribution in [3.05, 3.63) is 41.4 Å². The molecule has 0 bridgehead atoms. The van der Waals surface area contributed by atoms with Crippen LogP contribution in [-0.4, -0.2) is 23.4 Å². The zero-order valence-electron chi connectivity index (χ0n) is 10.9. The zero-order valence-corrected chi connectivity index (χ0v) is 11.6. The Bertz CT molecular complexity index is 559. The maximum absolute atomic E-state index is 12.2. The van der Waals surface area contributed by atoms with Crippen molar-refractivity contribution in [1.82, 2.24) is 4.90 Å². The van der Waals surface area contributed by atoms with Crippen LogP contribution in [0, 0.1) is 11.8 Å². The van der Waals surface area contributed by atoms with Gasteiger partial charge in [-0.05, 0) is 31.0 Å². The summed E-state index contributed by atoms with van der Waals surface area (Å²) in [6.07, 6.45) is 5.31. The van der Waals surface area contributed by atoms with Gasteiger partial charge in [-0.3, -0.25) is 14.5 Å². The van der Waals surface area contributed by atoms with Crippen LogP contribution in [-0.2, 0) is 9.59 Å². The van der Waals surface area contributed by atoms with Crippen LogP contribution in [0.5, 0.6) is 0 Å². The van der Waals surface area contributed by atoms with E-state index in [1.54, 1.807) is 12.1 Å². The first-order chi connectivity index (χ1) is 9.66. The van der Waals surface area contributed by atoms with Crippen LogP contribution in [0.15, 0.2) is 36.4 Å². The molecule has 3 rings (SSSR count). The van der Waals surface area contributed by atoms with Crippen molar-refractivity contribution in [3.8, 4) is 0 Å². The summed E-state index contributed by atoms with van der Waals surface area (Å²) in [5.41, 5.74) is 0.797. The molecule has 5 heteroatoms. The monoisotopic (exact) mass is 290 g/mol. The van der Waals surface area contributed by atoms with Gasteiger partial charge in [0.2, 0.25) is 11.8 Å². The average molecular weight is 291 g/mol. The number of fused-ring (bicyclic) bond motifs is 1. The van der Waals surface area contributed by atoms with Gasteiger partial charge in [0.25, 0.3) is 0 Å². The largest absolute Gasteiger partial charge is 0.367 e. The Morgan fingerprint density at radius 3 is 2.40 bits per heavy atom. The number of allylic oxidation sites excluding steroid dienone is 2. The molecule has 1 fully saturated rings. The van der Waals surface area contributed by atoms with Crippen molar-refractivity contribution in [1.29, 1.82) is 0 Å². The number of benzene rings is 1. The molecule has 1 aliphatic carbocycles. The normalized spacial score (nSPS) is 24.9. The standard InChI is InChI=1S/C15H15ClN2O2/c16-10-4-3-5-11(8-10)17-9-18-14(19)12-6-1-2-7-13(12)15(18)20/h1-5,8,12-13,17H,6-7,9H2/t12-,13-/m1/s1. The molecule has 0 aromatic heterocycles. The van der Waals surface area contributed by atoms with Crippen molar-refractivity contribution >= 4 is 29.1 Å². The van der Waals surface area contributed by atoms with Crippen LogP contribution in [0.1, 0.15) is 12.8 Å². The second-order valence-corrected chi connectivity index (χ2v) is 5.54. The summed E-state index contributed by atoms with van der Waals surface area (Å²) >= 11 is 5.90. The quantitative estimate of drug-likeness (QED) is 0.688. The van der Waals surface area contributed by atoms with E-state index >= 15 is 0 Å². The van der Waals surface area contributed by atoms with Gasteiger partial charge in [-0.2, -0.15) is 0 Å². The van der Waals surface area contributed by atoms with Gasteiger partial charge in [-0.1, -0.05) is 29.8 Å². The Balaban J connectivity index is 1.69.